The number of hydrogen-bond donors (Lipinski definition) is 1. The van der Waals surface area contributed by atoms with E-state index in [4.69, 9.17) is 19.9 Å². The summed E-state index contributed by atoms with van der Waals surface area (Å²) in [7, 11) is 0. The highest BCUT2D eigenvalue weighted by Crippen LogP contribution is 2.68. The molecular weight excluding hydrogens is 542 g/mol. The zero-order valence-corrected chi connectivity index (χ0v) is 28.6. The maximum atomic E-state index is 12.8. The molecule has 8 unspecified atom stereocenters. The van der Waals surface area contributed by atoms with Crippen LogP contribution in [0.4, 0.5) is 0 Å². The lowest BCUT2D eigenvalue weighted by molar-refractivity contribution is -0.167. The minimum Gasteiger partial charge on any atom is -0.461 e. The van der Waals surface area contributed by atoms with Gasteiger partial charge in [-0.1, -0.05) is 20.8 Å². The molecule has 0 aromatic heterocycles. The highest BCUT2D eigenvalue weighted by atomic mass is 16.6. The van der Waals surface area contributed by atoms with Crippen LogP contribution < -0.4 is 5.73 Å². The Morgan fingerprint density at radius 3 is 2.07 bits per heavy atom. The van der Waals surface area contributed by atoms with Gasteiger partial charge < -0.3 is 19.9 Å². The van der Waals surface area contributed by atoms with E-state index < -0.39 is 29.2 Å². The van der Waals surface area contributed by atoms with E-state index >= 15 is 0 Å². The zero-order valence-electron chi connectivity index (χ0n) is 28.6. The molecule has 4 saturated carbocycles. The van der Waals surface area contributed by atoms with Crippen LogP contribution in [-0.2, 0) is 28.6 Å². The van der Waals surface area contributed by atoms with Crippen molar-refractivity contribution < 1.29 is 28.6 Å². The van der Waals surface area contributed by atoms with Crippen molar-refractivity contribution in [3.63, 3.8) is 0 Å². The van der Waals surface area contributed by atoms with Crippen molar-refractivity contribution >= 4 is 17.9 Å². The summed E-state index contributed by atoms with van der Waals surface area (Å²) >= 11 is 0. The average molecular weight is 604 g/mol. The first kappa shape index (κ1) is 34.2. The summed E-state index contributed by atoms with van der Waals surface area (Å²) in [5, 5.41) is 0. The fourth-order valence-corrected chi connectivity index (χ4v) is 10.1. The SMILES string of the molecule is C[C@H](CCC(=O)OC(C)(C)C)C1CCC2C3CCC4CC(OC(=O)[C@@H](N)CC(=O)OC(C)(C)C)CCC4(C)C3CCC21C. The molecule has 0 aromatic carbocycles. The van der Waals surface area contributed by atoms with Crippen molar-refractivity contribution in [2.24, 2.45) is 52.1 Å². The molecule has 0 radical (unpaired) electrons. The first-order valence-electron chi connectivity index (χ1n) is 17.2. The van der Waals surface area contributed by atoms with Gasteiger partial charge in [0.1, 0.15) is 23.3 Å². The van der Waals surface area contributed by atoms with E-state index in [-0.39, 0.29) is 23.9 Å². The molecule has 10 atom stereocenters. The fraction of sp³-hybridized carbons (Fsp3) is 0.917. The van der Waals surface area contributed by atoms with Crippen LogP contribution in [0.1, 0.15) is 139 Å². The molecule has 0 saturated heterocycles. The van der Waals surface area contributed by atoms with Crippen LogP contribution in [0.5, 0.6) is 0 Å². The second kappa shape index (κ2) is 12.6. The number of fused-ring (bicyclic) bond motifs is 5. The maximum absolute atomic E-state index is 12.8. The summed E-state index contributed by atoms with van der Waals surface area (Å²) in [5.41, 5.74) is 5.66. The molecule has 4 aliphatic carbocycles. The Kier molecular flexibility index (Phi) is 10.1. The van der Waals surface area contributed by atoms with Crippen molar-refractivity contribution in [2.45, 2.75) is 163 Å². The van der Waals surface area contributed by atoms with E-state index in [1.165, 1.54) is 38.5 Å². The molecule has 0 spiro atoms. The third kappa shape index (κ3) is 7.79. The van der Waals surface area contributed by atoms with Crippen LogP contribution in [0.15, 0.2) is 0 Å². The lowest BCUT2D eigenvalue weighted by Crippen LogP contribution is -2.54. The van der Waals surface area contributed by atoms with Crippen LogP contribution in [0, 0.1) is 46.3 Å². The Morgan fingerprint density at radius 1 is 0.814 bits per heavy atom. The number of carbonyl (C=O) groups excluding carboxylic acids is 3. The minimum atomic E-state index is -0.989. The predicted molar refractivity (Wildman–Crippen MR) is 168 cm³/mol. The van der Waals surface area contributed by atoms with Crippen LogP contribution in [-0.4, -0.2) is 41.3 Å². The summed E-state index contributed by atoms with van der Waals surface area (Å²) in [4.78, 5) is 37.4. The van der Waals surface area contributed by atoms with Crippen molar-refractivity contribution in [3.8, 4) is 0 Å². The molecule has 246 valence electrons. The number of rotatable bonds is 8. The number of esters is 3. The van der Waals surface area contributed by atoms with Crippen LogP contribution in [0.2, 0.25) is 0 Å². The maximum Gasteiger partial charge on any atom is 0.323 e. The van der Waals surface area contributed by atoms with Gasteiger partial charge in [-0.25, -0.2) is 0 Å². The lowest BCUT2D eigenvalue weighted by atomic mass is 9.44. The second-order valence-electron chi connectivity index (χ2n) is 17.2. The highest BCUT2D eigenvalue weighted by molar-refractivity contribution is 5.82. The number of hydrogen-bond acceptors (Lipinski definition) is 7. The Labute approximate surface area is 261 Å². The van der Waals surface area contributed by atoms with Gasteiger partial charge in [0.2, 0.25) is 0 Å². The topological polar surface area (TPSA) is 105 Å². The quantitative estimate of drug-likeness (QED) is 0.228. The monoisotopic (exact) mass is 603 g/mol. The Bertz CT molecular complexity index is 1030. The summed E-state index contributed by atoms with van der Waals surface area (Å²) < 4.78 is 16.8. The molecule has 0 amide bonds. The standard InChI is InChI=1S/C36H61NO6/c1-22(10-15-30(38)42-33(2,3)4)26-13-14-27-25-12-11-23-20-24(16-18-35(23,8)28(25)17-19-36(26,27)9)41-32(40)29(37)21-31(39)43-34(5,6)7/h22-29H,10-21,37H2,1-9H3/t22-,23?,24?,25?,26?,27?,28?,29+,35?,36?/m1/s1. The summed E-state index contributed by atoms with van der Waals surface area (Å²) in [5.74, 6) is 2.98. The normalized spacial score (nSPS) is 37.3. The highest BCUT2D eigenvalue weighted by Gasteiger charge is 2.60. The summed E-state index contributed by atoms with van der Waals surface area (Å²) in [6, 6.07) is -0.989. The Morgan fingerprint density at radius 2 is 1.42 bits per heavy atom. The van der Waals surface area contributed by atoms with Crippen LogP contribution in [0.3, 0.4) is 0 Å². The van der Waals surface area contributed by atoms with Gasteiger partial charge in [0, 0.05) is 6.42 Å². The molecular formula is C36H61NO6. The molecule has 0 aromatic rings. The molecule has 0 heterocycles. The number of nitrogens with two attached hydrogens (primary N) is 1. The second-order valence-corrected chi connectivity index (χ2v) is 17.2. The van der Waals surface area contributed by atoms with E-state index in [0.717, 1.165) is 43.4 Å². The van der Waals surface area contributed by atoms with Gasteiger partial charge in [0.05, 0.1) is 6.42 Å². The van der Waals surface area contributed by atoms with Gasteiger partial charge in [-0.3, -0.25) is 14.4 Å². The van der Waals surface area contributed by atoms with Gasteiger partial charge in [0.15, 0.2) is 0 Å². The fourth-order valence-electron chi connectivity index (χ4n) is 10.1. The van der Waals surface area contributed by atoms with Gasteiger partial charge in [-0.2, -0.15) is 0 Å². The summed E-state index contributed by atoms with van der Waals surface area (Å²) in [6.45, 7) is 18.7. The van der Waals surface area contributed by atoms with Gasteiger partial charge in [-0.05, 0) is 152 Å². The van der Waals surface area contributed by atoms with E-state index in [2.05, 4.69) is 20.8 Å². The van der Waals surface area contributed by atoms with E-state index in [1.807, 2.05) is 20.8 Å². The first-order chi connectivity index (χ1) is 19.8. The molecule has 7 nitrogen and oxygen atoms in total. The smallest absolute Gasteiger partial charge is 0.323 e. The largest absolute Gasteiger partial charge is 0.461 e. The van der Waals surface area contributed by atoms with Crippen molar-refractivity contribution in [3.05, 3.63) is 0 Å². The zero-order chi connectivity index (χ0) is 32.0. The molecule has 4 rings (SSSR count). The third-order valence-corrected chi connectivity index (χ3v) is 12.0. The average Bonchev–Trinajstić information content (AvgIpc) is 3.22. The van der Waals surface area contributed by atoms with Gasteiger partial charge in [0.25, 0.3) is 0 Å². The predicted octanol–water partition coefficient (Wildman–Crippen LogP) is 7.37. The molecule has 4 aliphatic rings. The summed E-state index contributed by atoms with van der Waals surface area (Å²) in [6.07, 6.45) is 11.6. The molecule has 2 N–H and O–H groups in total. The van der Waals surface area contributed by atoms with E-state index in [9.17, 15) is 14.4 Å². The number of ether oxygens (including phenoxy) is 3. The van der Waals surface area contributed by atoms with Gasteiger partial charge >= 0.3 is 17.9 Å². The van der Waals surface area contributed by atoms with Crippen LogP contribution in [0.25, 0.3) is 0 Å². The molecule has 43 heavy (non-hydrogen) atoms. The van der Waals surface area contributed by atoms with E-state index in [0.29, 0.717) is 29.6 Å². The van der Waals surface area contributed by atoms with E-state index in [1.54, 1.807) is 20.8 Å². The van der Waals surface area contributed by atoms with Crippen LogP contribution >= 0.6 is 0 Å². The van der Waals surface area contributed by atoms with Crippen molar-refractivity contribution in [1.82, 2.24) is 0 Å². The molecule has 0 bridgehead atoms. The molecule has 0 aliphatic heterocycles. The van der Waals surface area contributed by atoms with Crippen molar-refractivity contribution in [2.75, 3.05) is 0 Å². The Balaban J connectivity index is 1.32. The van der Waals surface area contributed by atoms with Gasteiger partial charge in [-0.15, -0.1) is 0 Å². The first-order valence-corrected chi connectivity index (χ1v) is 17.2. The molecule has 7 heteroatoms. The lowest BCUT2D eigenvalue weighted by Gasteiger charge is -2.61. The third-order valence-electron chi connectivity index (χ3n) is 12.0. The molecule has 4 fully saturated rings. The van der Waals surface area contributed by atoms with Crippen molar-refractivity contribution in [1.29, 1.82) is 0 Å². The minimum absolute atomic E-state index is 0.0692. The Hall–Kier alpha value is -1.63. The number of carbonyl (C=O) groups is 3.